The zero-order valence-electron chi connectivity index (χ0n) is 15.2. The molecule has 2 N–H and O–H groups in total. The third-order valence-corrected chi connectivity index (χ3v) is 5.17. The number of nitrogens with one attached hydrogen (secondary N) is 2. The Morgan fingerprint density at radius 2 is 1.72 bits per heavy atom. The van der Waals surface area contributed by atoms with Crippen LogP contribution < -0.4 is 10.6 Å². The van der Waals surface area contributed by atoms with Crippen molar-refractivity contribution >= 4 is 23.2 Å². The van der Waals surface area contributed by atoms with E-state index in [1.54, 1.807) is 0 Å². The summed E-state index contributed by atoms with van der Waals surface area (Å²) in [5.74, 6) is -0.188. The molecule has 1 aromatic carbocycles. The Balaban J connectivity index is 1.77. The van der Waals surface area contributed by atoms with Crippen molar-refractivity contribution < 1.29 is 9.59 Å². The predicted molar refractivity (Wildman–Crippen MR) is 101 cm³/mol. The molecule has 2 rings (SSSR count). The van der Waals surface area contributed by atoms with E-state index >= 15 is 0 Å². The molecule has 0 atom stereocenters. The minimum atomic E-state index is -0.136. The maximum atomic E-state index is 12.3. The van der Waals surface area contributed by atoms with Gasteiger partial charge in [0.2, 0.25) is 5.91 Å². The zero-order chi connectivity index (χ0) is 18.4. The smallest absolute Gasteiger partial charge is 0.263 e. The van der Waals surface area contributed by atoms with E-state index in [1.165, 1.54) is 11.3 Å². The van der Waals surface area contributed by atoms with E-state index in [0.717, 1.165) is 16.3 Å². The molecule has 6 heteroatoms. The highest BCUT2D eigenvalue weighted by Gasteiger charge is 2.22. The van der Waals surface area contributed by atoms with Crippen LogP contribution in [-0.2, 0) is 16.6 Å². The fraction of sp³-hybridized carbons (Fsp3) is 0.421. The van der Waals surface area contributed by atoms with Crippen molar-refractivity contribution in [1.29, 1.82) is 0 Å². The van der Waals surface area contributed by atoms with Crippen LogP contribution in [0.15, 0.2) is 30.3 Å². The van der Waals surface area contributed by atoms with E-state index < -0.39 is 0 Å². The SMILES string of the molecule is Cc1nc(C(C)(C)C)sc1C(=O)NCCNC(=O)Cc1ccccc1. The van der Waals surface area contributed by atoms with Gasteiger partial charge in [-0.3, -0.25) is 9.59 Å². The summed E-state index contributed by atoms with van der Waals surface area (Å²) in [6.45, 7) is 8.88. The molecule has 0 aliphatic rings. The summed E-state index contributed by atoms with van der Waals surface area (Å²) in [7, 11) is 0. The average molecular weight is 359 g/mol. The Labute approximate surface area is 152 Å². The summed E-state index contributed by atoms with van der Waals surface area (Å²) in [5.41, 5.74) is 1.65. The Morgan fingerprint density at radius 1 is 1.08 bits per heavy atom. The van der Waals surface area contributed by atoms with Gasteiger partial charge in [-0.05, 0) is 12.5 Å². The van der Waals surface area contributed by atoms with Gasteiger partial charge in [-0.2, -0.15) is 0 Å². The Bertz CT molecular complexity index is 733. The molecule has 0 saturated carbocycles. The summed E-state index contributed by atoms with van der Waals surface area (Å²) in [4.78, 5) is 29.3. The lowest BCUT2D eigenvalue weighted by Gasteiger charge is -2.13. The molecule has 0 aliphatic carbocycles. The molecule has 25 heavy (non-hydrogen) atoms. The summed E-state index contributed by atoms with van der Waals surface area (Å²) in [5, 5.41) is 6.61. The predicted octanol–water partition coefficient (Wildman–Crippen LogP) is 2.84. The first-order valence-electron chi connectivity index (χ1n) is 8.34. The van der Waals surface area contributed by atoms with Crippen molar-refractivity contribution in [3.05, 3.63) is 51.5 Å². The number of nitrogens with zero attached hydrogens (tertiary/aromatic N) is 1. The van der Waals surface area contributed by atoms with Crippen LogP contribution in [0.25, 0.3) is 0 Å². The molecule has 2 aromatic rings. The molecular formula is C19H25N3O2S. The van der Waals surface area contributed by atoms with Gasteiger partial charge < -0.3 is 10.6 Å². The fourth-order valence-electron chi connectivity index (χ4n) is 2.23. The average Bonchev–Trinajstić information content (AvgIpc) is 2.94. The van der Waals surface area contributed by atoms with Crippen LogP contribution in [-0.4, -0.2) is 29.9 Å². The number of hydrogen-bond donors (Lipinski definition) is 2. The number of rotatable bonds is 6. The molecule has 0 aliphatic heterocycles. The van der Waals surface area contributed by atoms with Crippen LogP contribution in [0.1, 0.15) is 46.7 Å². The van der Waals surface area contributed by atoms with E-state index in [-0.39, 0.29) is 17.2 Å². The summed E-state index contributed by atoms with van der Waals surface area (Å²) < 4.78 is 0. The third kappa shape index (κ3) is 5.67. The molecule has 0 radical (unpaired) electrons. The second kappa shape index (κ2) is 8.25. The number of aryl methyl sites for hydroxylation is 1. The van der Waals surface area contributed by atoms with Crippen molar-refractivity contribution in [2.45, 2.75) is 39.5 Å². The Morgan fingerprint density at radius 3 is 2.32 bits per heavy atom. The first kappa shape index (κ1) is 19.1. The highest BCUT2D eigenvalue weighted by Crippen LogP contribution is 2.28. The molecule has 0 saturated heterocycles. The van der Waals surface area contributed by atoms with Crippen LogP contribution in [0, 0.1) is 6.92 Å². The Kier molecular flexibility index (Phi) is 6.31. The number of aromatic nitrogens is 1. The lowest BCUT2D eigenvalue weighted by atomic mass is 9.98. The molecule has 5 nitrogen and oxygen atoms in total. The molecule has 0 unspecified atom stereocenters. The van der Waals surface area contributed by atoms with Gasteiger partial charge in [-0.15, -0.1) is 11.3 Å². The van der Waals surface area contributed by atoms with E-state index in [1.807, 2.05) is 37.3 Å². The summed E-state index contributed by atoms with van der Waals surface area (Å²) in [6.07, 6.45) is 0.345. The first-order chi connectivity index (χ1) is 11.8. The molecule has 1 aromatic heterocycles. The van der Waals surface area contributed by atoms with Gasteiger partial charge in [-0.25, -0.2) is 4.98 Å². The largest absolute Gasteiger partial charge is 0.354 e. The number of benzene rings is 1. The van der Waals surface area contributed by atoms with Gasteiger partial charge in [0.15, 0.2) is 0 Å². The summed E-state index contributed by atoms with van der Waals surface area (Å²) in [6, 6.07) is 9.57. The standard InChI is InChI=1S/C19H25N3O2S/c1-13-16(25-18(22-13)19(2,3)4)17(24)21-11-10-20-15(23)12-14-8-6-5-7-9-14/h5-9H,10-12H2,1-4H3,(H,20,23)(H,21,24). The van der Waals surface area contributed by atoms with Gasteiger partial charge in [-0.1, -0.05) is 51.1 Å². The molecule has 1 heterocycles. The van der Waals surface area contributed by atoms with E-state index in [4.69, 9.17) is 0 Å². The topological polar surface area (TPSA) is 71.1 Å². The van der Waals surface area contributed by atoms with Gasteiger partial charge in [0.05, 0.1) is 17.1 Å². The second-order valence-electron chi connectivity index (χ2n) is 6.95. The minimum Gasteiger partial charge on any atom is -0.354 e. The maximum Gasteiger partial charge on any atom is 0.263 e. The van der Waals surface area contributed by atoms with Gasteiger partial charge >= 0.3 is 0 Å². The minimum absolute atomic E-state index is 0.0514. The number of carbonyl (C=O) groups excluding carboxylic acids is 2. The van der Waals surface area contributed by atoms with Gasteiger partial charge in [0.25, 0.3) is 5.91 Å². The zero-order valence-corrected chi connectivity index (χ0v) is 16.0. The molecule has 2 amide bonds. The van der Waals surface area contributed by atoms with Crippen molar-refractivity contribution in [1.82, 2.24) is 15.6 Å². The molecule has 134 valence electrons. The normalized spacial score (nSPS) is 11.2. The van der Waals surface area contributed by atoms with Crippen LogP contribution >= 0.6 is 11.3 Å². The first-order valence-corrected chi connectivity index (χ1v) is 9.16. The second-order valence-corrected chi connectivity index (χ2v) is 7.95. The number of amides is 2. The molecule has 0 spiro atoms. The lowest BCUT2D eigenvalue weighted by Crippen LogP contribution is -2.35. The highest BCUT2D eigenvalue weighted by molar-refractivity contribution is 7.14. The number of thiazole rings is 1. The fourth-order valence-corrected chi connectivity index (χ4v) is 3.27. The van der Waals surface area contributed by atoms with Gasteiger partial charge in [0, 0.05) is 18.5 Å². The molecule has 0 fully saturated rings. The van der Waals surface area contributed by atoms with Crippen LogP contribution in [0.2, 0.25) is 0 Å². The van der Waals surface area contributed by atoms with Crippen molar-refractivity contribution in [2.75, 3.05) is 13.1 Å². The molecule has 0 bridgehead atoms. The van der Waals surface area contributed by atoms with E-state index in [9.17, 15) is 9.59 Å². The monoisotopic (exact) mass is 359 g/mol. The van der Waals surface area contributed by atoms with Gasteiger partial charge in [0.1, 0.15) is 4.88 Å². The highest BCUT2D eigenvalue weighted by atomic mass is 32.1. The quantitative estimate of drug-likeness (QED) is 0.779. The third-order valence-electron chi connectivity index (χ3n) is 3.58. The van der Waals surface area contributed by atoms with E-state index in [0.29, 0.717) is 24.4 Å². The van der Waals surface area contributed by atoms with Crippen molar-refractivity contribution in [3.63, 3.8) is 0 Å². The summed E-state index contributed by atoms with van der Waals surface area (Å²) >= 11 is 1.43. The van der Waals surface area contributed by atoms with Crippen LogP contribution in [0.5, 0.6) is 0 Å². The molecular weight excluding hydrogens is 334 g/mol. The number of carbonyl (C=O) groups is 2. The van der Waals surface area contributed by atoms with Crippen LogP contribution in [0.3, 0.4) is 0 Å². The van der Waals surface area contributed by atoms with Crippen molar-refractivity contribution in [3.8, 4) is 0 Å². The Hall–Kier alpha value is -2.21. The van der Waals surface area contributed by atoms with E-state index in [2.05, 4.69) is 36.4 Å². The number of hydrogen-bond acceptors (Lipinski definition) is 4. The van der Waals surface area contributed by atoms with Crippen molar-refractivity contribution in [2.24, 2.45) is 0 Å². The maximum absolute atomic E-state index is 12.3. The lowest BCUT2D eigenvalue weighted by molar-refractivity contribution is -0.120. The van der Waals surface area contributed by atoms with Crippen LogP contribution in [0.4, 0.5) is 0 Å².